The number of piperidine rings is 1. The fraction of sp³-hybridized carbons (Fsp3) is 0.345. The normalized spacial score (nSPS) is 18.6. The fourth-order valence-electron chi connectivity index (χ4n) is 5.01. The minimum atomic E-state index is -0.760. The quantitative estimate of drug-likeness (QED) is 0.464. The summed E-state index contributed by atoms with van der Waals surface area (Å²) < 4.78 is 6.20. The third kappa shape index (κ3) is 4.90. The van der Waals surface area contributed by atoms with Gasteiger partial charge in [0.15, 0.2) is 0 Å². The average molecular weight is 475 g/mol. The number of aliphatic hydroxyl groups is 1. The zero-order valence-corrected chi connectivity index (χ0v) is 20.4. The Balaban J connectivity index is 1.27. The number of pyridine rings is 1. The van der Waals surface area contributed by atoms with Crippen molar-refractivity contribution in [2.45, 2.75) is 44.6 Å². The van der Waals surface area contributed by atoms with Crippen molar-refractivity contribution in [1.29, 1.82) is 0 Å². The SMILES string of the molecule is CCc1ccc2c(c1)C/C(=C/CCN1CCC(O)(c3ccc(Cl)cc3)CC1)c1cccnc1O2. The molecule has 0 spiro atoms. The average Bonchev–Trinajstić information content (AvgIpc) is 3.01. The lowest BCUT2D eigenvalue weighted by Gasteiger charge is -2.38. The molecule has 34 heavy (non-hydrogen) atoms. The number of nitrogens with zero attached hydrogens (tertiary/aromatic N) is 2. The number of hydrogen-bond acceptors (Lipinski definition) is 4. The number of halogens is 1. The van der Waals surface area contributed by atoms with Crippen LogP contribution < -0.4 is 4.74 Å². The van der Waals surface area contributed by atoms with E-state index in [0.717, 1.165) is 68.6 Å². The van der Waals surface area contributed by atoms with Crippen molar-refractivity contribution in [2.24, 2.45) is 0 Å². The first kappa shape index (κ1) is 23.1. The van der Waals surface area contributed by atoms with Crippen LogP contribution in [0.4, 0.5) is 0 Å². The van der Waals surface area contributed by atoms with Gasteiger partial charge in [0.1, 0.15) is 5.75 Å². The number of likely N-dealkylation sites (tertiary alicyclic amines) is 1. The molecular weight excluding hydrogens is 444 g/mol. The first-order valence-corrected chi connectivity index (χ1v) is 12.6. The molecule has 0 aliphatic carbocycles. The summed E-state index contributed by atoms with van der Waals surface area (Å²) in [6, 6.07) is 18.2. The Morgan fingerprint density at radius 1 is 1.12 bits per heavy atom. The van der Waals surface area contributed by atoms with Gasteiger partial charge in [-0.15, -0.1) is 0 Å². The van der Waals surface area contributed by atoms with Crippen LogP contribution in [0.2, 0.25) is 5.02 Å². The molecule has 0 amide bonds. The van der Waals surface area contributed by atoms with E-state index in [-0.39, 0.29) is 0 Å². The van der Waals surface area contributed by atoms with Crippen molar-refractivity contribution in [2.75, 3.05) is 19.6 Å². The highest BCUT2D eigenvalue weighted by molar-refractivity contribution is 6.30. The lowest BCUT2D eigenvalue weighted by Crippen LogP contribution is -2.42. The van der Waals surface area contributed by atoms with Gasteiger partial charge in [-0.2, -0.15) is 0 Å². The Bertz CT molecular complexity index is 1180. The molecule has 2 aliphatic rings. The second-order valence-corrected chi connectivity index (χ2v) is 9.77. The predicted octanol–water partition coefficient (Wildman–Crippen LogP) is 6.40. The zero-order chi connectivity index (χ0) is 23.5. The summed E-state index contributed by atoms with van der Waals surface area (Å²) in [6.07, 6.45) is 8.41. The van der Waals surface area contributed by atoms with E-state index in [1.807, 2.05) is 30.3 Å². The maximum absolute atomic E-state index is 11.2. The largest absolute Gasteiger partial charge is 0.438 e. The van der Waals surface area contributed by atoms with Crippen molar-refractivity contribution in [3.8, 4) is 11.6 Å². The first-order valence-electron chi connectivity index (χ1n) is 12.2. The lowest BCUT2D eigenvalue weighted by molar-refractivity contribution is -0.0254. The third-order valence-corrected chi connectivity index (χ3v) is 7.39. The summed E-state index contributed by atoms with van der Waals surface area (Å²) in [7, 11) is 0. The summed E-state index contributed by atoms with van der Waals surface area (Å²) in [5, 5.41) is 11.9. The van der Waals surface area contributed by atoms with Crippen LogP contribution in [0.5, 0.6) is 11.6 Å². The number of ether oxygens (including phenoxy) is 1. The predicted molar refractivity (Wildman–Crippen MR) is 137 cm³/mol. The molecular formula is C29H31ClN2O2. The van der Waals surface area contributed by atoms with E-state index in [1.165, 1.54) is 16.7 Å². The number of fused-ring (bicyclic) bond motifs is 2. The van der Waals surface area contributed by atoms with E-state index in [9.17, 15) is 5.11 Å². The first-order chi connectivity index (χ1) is 16.5. The van der Waals surface area contributed by atoms with Crippen molar-refractivity contribution in [3.63, 3.8) is 0 Å². The zero-order valence-electron chi connectivity index (χ0n) is 19.6. The molecule has 1 aromatic heterocycles. The minimum absolute atomic E-state index is 0.683. The van der Waals surface area contributed by atoms with Gasteiger partial charge >= 0.3 is 0 Å². The number of rotatable bonds is 5. The molecule has 2 aliphatic heterocycles. The number of hydrogen-bond donors (Lipinski definition) is 1. The Labute approximate surface area is 206 Å². The molecule has 2 aromatic carbocycles. The maximum atomic E-state index is 11.2. The van der Waals surface area contributed by atoms with Crippen LogP contribution in [0.1, 0.15) is 48.4 Å². The summed E-state index contributed by atoms with van der Waals surface area (Å²) in [4.78, 5) is 6.96. The van der Waals surface area contributed by atoms with Crippen molar-refractivity contribution < 1.29 is 9.84 Å². The molecule has 3 heterocycles. The van der Waals surface area contributed by atoms with Gasteiger partial charge in [0, 0.05) is 42.8 Å². The molecule has 0 atom stereocenters. The Hall–Kier alpha value is -2.66. The highest BCUT2D eigenvalue weighted by atomic mass is 35.5. The summed E-state index contributed by atoms with van der Waals surface area (Å²) >= 11 is 6.02. The standard InChI is InChI=1S/C29H31ClN2O2/c1-2-21-7-12-27-23(19-21)20-22(26-6-3-15-31-28(26)34-27)5-4-16-32-17-13-29(33,14-18-32)24-8-10-25(30)11-9-24/h3,5-12,15,19,33H,2,4,13-14,16-18,20H2,1H3/b22-5-. The van der Waals surface area contributed by atoms with Gasteiger partial charge in [0.05, 0.1) is 5.60 Å². The van der Waals surface area contributed by atoms with E-state index in [0.29, 0.717) is 10.9 Å². The maximum Gasteiger partial charge on any atom is 0.226 e. The summed E-state index contributed by atoms with van der Waals surface area (Å²) in [6.45, 7) is 4.91. The van der Waals surface area contributed by atoms with E-state index < -0.39 is 5.60 Å². The molecule has 1 N–H and O–H groups in total. The van der Waals surface area contributed by atoms with Gasteiger partial charge in [-0.25, -0.2) is 4.98 Å². The van der Waals surface area contributed by atoms with Crippen LogP contribution in [-0.4, -0.2) is 34.6 Å². The van der Waals surface area contributed by atoms with Crippen molar-refractivity contribution in [3.05, 3.63) is 94.1 Å². The van der Waals surface area contributed by atoms with Crippen LogP contribution in [0.15, 0.2) is 66.9 Å². The number of aromatic nitrogens is 1. The molecule has 5 rings (SSSR count). The molecule has 0 bridgehead atoms. The van der Waals surface area contributed by atoms with Crippen LogP contribution in [0.3, 0.4) is 0 Å². The Morgan fingerprint density at radius 3 is 2.68 bits per heavy atom. The van der Waals surface area contributed by atoms with E-state index in [4.69, 9.17) is 16.3 Å². The molecule has 1 saturated heterocycles. The van der Waals surface area contributed by atoms with Crippen molar-refractivity contribution in [1.82, 2.24) is 9.88 Å². The Morgan fingerprint density at radius 2 is 1.91 bits per heavy atom. The van der Waals surface area contributed by atoms with Crippen LogP contribution in [0, 0.1) is 0 Å². The number of benzene rings is 2. The second kappa shape index (κ2) is 9.91. The molecule has 0 unspecified atom stereocenters. The second-order valence-electron chi connectivity index (χ2n) is 9.33. The number of allylic oxidation sites excluding steroid dienone is 1. The molecule has 4 nitrogen and oxygen atoms in total. The van der Waals surface area contributed by atoms with Gasteiger partial charge < -0.3 is 14.7 Å². The fourth-order valence-corrected chi connectivity index (χ4v) is 5.14. The van der Waals surface area contributed by atoms with Gasteiger partial charge in [-0.3, -0.25) is 0 Å². The van der Waals surface area contributed by atoms with Gasteiger partial charge in [0.2, 0.25) is 5.88 Å². The van der Waals surface area contributed by atoms with Gasteiger partial charge in [-0.05, 0) is 78.3 Å². The molecule has 3 aromatic rings. The topological polar surface area (TPSA) is 45.6 Å². The van der Waals surface area contributed by atoms with Crippen molar-refractivity contribution >= 4 is 17.2 Å². The molecule has 1 fully saturated rings. The lowest BCUT2D eigenvalue weighted by atomic mass is 9.84. The van der Waals surface area contributed by atoms with E-state index in [2.05, 4.69) is 47.1 Å². The highest BCUT2D eigenvalue weighted by Crippen LogP contribution is 2.38. The Kier molecular flexibility index (Phi) is 6.73. The smallest absolute Gasteiger partial charge is 0.226 e. The van der Waals surface area contributed by atoms with Crippen LogP contribution in [0.25, 0.3) is 5.57 Å². The highest BCUT2D eigenvalue weighted by Gasteiger charge is 2.33. The van der Waals surface area contributed by atoms with Gasteiger partial charge in [-0.1, -0.05) is 48.9 Å². The molecule has 176 valence electrons. The molecule has 0 saturated carbocycles. The third-order valence-electron chi connectivity index (χ3n) is 7.14. The monoisotopic (exact) mass is 474 g/mol. The van der Waals surface area contributed by atoms with Gasteiger partial charge in [0.25, 0.3) is 0 Å². The molecule has 0 radical (unpaired) electrons. The minimum Gasteiger partial charge on any atom is -0.438 e. The summed E-state index contributed by atoms with van der Waals surface area (Å²) in [5.41, 5.74) is 5.09. The number of aryl methyl sites for hydroxylation is 1. The van der Waals surface area contributed by atoms with E-state index >= 15 is 0 Å². The molecule has 5 heteroatoms. The van der Waals surface area contributed by atoms with Crippen LogP contribution in [-0.2, 0) is 18.4 Å². The van der Waals surface area contributed by atoms with E-state index in [1.54, 1.807) is 6.20 Å². The summed E-state index contributed by atoms with van der Waals surface area (Å²) in [5.74, 6) is 1.58. The van der Waals surface area contributed by atoms with Crippen LogP contribution >= 0.6 is 11.6 Å².